The summed E-state index contributed by atoms with van der Waals surface area (Å²) in [7, 11) is 1.85. The first-order valence-corrected chi connectivity index (χ1v) is 10.1. The maximum absolute atomic E-state index is 13.6. The van der Waals surface area contributed by atoms with E-state index in [4.69, 9.17) is 11.6 Å². The Morgan fingerprint density at radius 2 is 1.77 bits per heavy atom. The number of aryl methyl sites for hydroxylation is 3. The molecule has 1 aromatic carbocycles. The number of halogens is 2. The minimum atomic E-state index is -0.412. The van der Waals surface area contributed by atoms with Gasteiger partial charge in [-0.15, -0.1) is 0 Å². The molecule has 0 saturated heterocycles. The van der Waals surface area contributed by atoms with Gasteiger partial charge >= 0.3 is 0 Å². The average molecular weight is 432 g/mol. The molecule has 0 bridgehead atoms. The standard InChI is InChI=1S/C22H27ClFN5O/c1-14-9-18(27(6)25-14)13-28(12-16-7-8-17(24)11-19(16)23)21(30)20-10-15(2)26-29(20)22(3,4)5/h7-11H,12-13H2,1-6H3. The Labute approximate surface area is 181 Å². The second kappa shape index (κ2) is 8.22. The fourth-order valence-electron chi connectivity index (χ4n) is 3.39. The highest BCUT2D eigenvalue weighted by Crippen LogP contribution is 2.24. The van der Waals surface area contributed by atoms with Crippen LogP contribution < -0.4 is 0 Å². The van der Waals surface area contributed by atoms with Crippen LogP contribution in [0.3, 0.4) is 0 Å². The van der Waals surface area contributed by atoms with Gasteiger partial charge in [0.15, 0.2) is 0 Å². The molecule has 0 aliphatic rings. The van der Waals surface area contributed by atoms with E-state index in [0.717, 1.165) is 17.1 Å². The summed E-state index contributed by atoms with van der Waals surface area (Å²) >= 11 is 6.26. The fraction of sp³-hybridized carbons (Fsp3) is 0.409. The van der Waals surface area contributed by atoms with E-state index in [-0.39, 0.29) is 23.0 Å². The van der Waals surface area contributed by atoms with E-state index >= 15 is 0 Å². The topological polar surface area (TPSA) is 56.0 Å². The second-order valence-electron chi connectivity index (χ2n) is 8.55. The highest BCUT2D eigenvalue weighted by Gasteiger charge is 2.27. The predicted octanol–water partition coefficient (Wildman–Crippen LogP) is 4.62. The third-order valence-corrected chi connectivity index (χ3v) is 5.15. The Morgan fingerprint density at radius 1 is 1.10 bits per heavy atom. The van der Waals surface area contributed by atoms with E-state index < -0.39 is 5.82 Å². The van der Waals surface area contributed by atoms with Crippen LogP contribution in [-0.4, -0.2) is 30.4 Å². The molecule has 0 atom stereocenters. The Balaban J connectivity index is 2.02. The summed E-state index contributed by atoms with van der Waals surface area (Å²) in [5.74, 6) is -0.588. The molecule has 0 aliphatic heterocycles. The Kier molecular flexibility index (Phi) is 6.04. The molecule has 0 spiro atoms. The summed E-state index contributed by atoms with van der Waals surface area (Å²) in [6, 6.07) is 7.96. The van der Waals surface area contributed by atoms with E-state index in [1.54, 1.807) is 26.4 Å². The molecule has 0 fully saturated rings. The van der Waals surface area contributed by atoms with Gasteiger partial charge in [-0.1, -0.05) is 17.7 Å². The number of aromatic nitrogens is 4. The summed E-state index contributed by atoms with van der Waals surface area (Å²) in [6.45, 7) is 10.3. The lowest BCUT2D eigenvalue weighted by Gasteiger charge is -2.27. The van der Waals surface area contributed by atoms with Gasteiger partial charge in [0.1, 0.15) is 11.5 Å². The molecule has 6 nitrogen and oxygen atoms in total. The van der Waals surface area contributed by atoms with E-state index in [9.17, 15) is 9.18 Å². The van der Waals surface area contributed by atoms with Gasteiger partial charge in [0, 0.05) is 18.6 Å². The van der Waals surface area contributed by atoms with E-state index in [0.29, 0.717) is 17.8 Å². The van der Waals surface area contributed by atoms with Crippen molar-refractivity contribution in [3.8, 4) is 0 Å². The Morgan fingerprint density at radius 3 is 2.33 bits per heavy atom. The highest BCUT2D eigenvalue weighted by atomic mass is 35.5. The van der Waals surface area contributed by atoms with Crippen molar-refractivity contribution in [3.63, 3.8) is 0 Å². The van der Waals surface area contributed by atoms with Crippen molar-refractivity contribution in [2.45, 2.75) is 53.2 Å². The minimum absolute atomic E-state index is 0.176. The van der Waals surface area contributed by atoms with Crippen LogP contribution >= 0.6 is 11.6 Å². The van der Waals surface area contributed by atoms with Crippen LogP contribution in [0.15, 0.2) is 30.3 Å². The van der Waals surface area contributed by atoms with Crippen LogP contribution in [0.5, 0.6) is 0 Å². The predicted molar refractivity (Wildman–Crippen MR) is 115 cm³/mol. The number of rotatable bonds is 5. The number of carbonyl (C=O) groups excluding carboxylic acids is 1. The van der Waals surface area contributed by atoms with Gasteiger partial charge < -0.3 is 4.90 Å². The maximum Gasteiger partial charge on any atom is 0.272 e. The zero-order chi connectivity index (χ0) is 22.2. The lowest BCUT2D eigenvalue weighted by Crippen LogP contribution is -2.35. The van der Waals surface area contributed by atoms with Crippen molar-refractivity contribution in [3.05, 3.63) is 69.5 Å². The molecule has 0 unspecified atom stereocenters. The van der Waals surface area contributed by atoms with E-state index in [1.807, 2.05) is 47.7 Å². The lowest BCUT2D eigenvalue weighted by atomic mass is 10.1. The van der Waals surface area contributed by atoms with Crippen LogP contribution in [0.25, 0.3) is 0 Å². The average Bonchev–Trinajstić information content (AvgIpc) is 3.17. The molecular formula is C22H27ClFN5O. The molecule has 2 aromatic heterocycles. The molecule has 0 saturated carbocycles. The second-order valence-corrected chi connectivity index (χ2v) is 8.96. The van der Waals surface area contributed by atoms with Crippen LogP contribution in [0.4, 0.5) is 4.39 Å². The number of nitrogens with zero attached hydrogens (tertiary/aromatic N) is 5. The van der Waals surface area contributed by atoms with Gasteiger partial charge in [0.25, 0.3) is 5.91 Å². The molecule has 0 radical (unpaired) electrons. The molecule has 3 aromatic rings. The summed E-state index contributed by atoms with van der Waals surface area (Å²) < 4.78 is 17.0. The van der Waals surface area contributed by atoms with Crippen molar-refractivity contribution < 1.29 is 9.18 Å². The zero-order valence-corrected chi connectivity index (χ0v) is 19.0. The first-order chi connectivity index (χ1) is 14.0. The number of benzene rings is 1. The quantitative estimate of drug-likeness (QED) is 0.592. The number of hydrogen-bond donors (Lipinski definition) is 0. The van der Waals surface area contributed by atoms with Crippen LogP contribution in [0.1, 0.15) is 53.9 Å². The SMILES string of the molecule is Cc1cc(CN(Cc2ccc(F)cc2Cl)C(=O)c2cc(C)nn2C(C)(C)C)n(C)n1. The first-order valence-electron chi connectivity index (χ1n) is 9.75. The van der Waals surface area contributed by atoms with Gasteiger partial charge in [-0.05, 0) is 64.4 Å². The van der Waals surface area contributed by atoms with Gasteiger partial charge in [-0.3, -0.25) is 14.2 Å². The fourth-order valence-corrected chi connectivity index (χ4v) is 3.61. The smallest absolute Gasteiger partial charge is 0.272 e. The first kappa shape index (κ1) is 22.0. The summed E-state index contributed by atoms with van der Waals surface area (Å²) in [4.78, 5) is 15.3. The number of hydrogen-bond acceptors (Lipinski definition) is 3. The Bertz CT molecular complexity index is 1080. The molecule has 160 valence electrons. The van der Waals surface area contributed by atoms with Crippen molar-refractivity contribution in [1.29, 1.82) is 0 Å². The molecule has 30 heavy (non-hydrogen) atoms. The lowest BCUT2D eigenvalue weighted by molar-refractivity contribution is 0.0705. The largest absolute Gasteiger partial charge is 0.327 e. The summed E-state index contributed by atoms with van der Waals surface area (Å²) in [5.41, 5.74) is 3.33. The molecule has 8 heteroatoms. The van der Waals surface area contributed by atoms with Crippen LogP contribution in [-0.2, 0) is 25.7 Å². The molecule has 1 amide bonds. The Hall–Kier alpha value is -2.67. The number of amides is 1. The third kappa shape index (κ3) is 4.73. The molecular weight excluding hydrogens is 405 g/mol. The highest BCUT2D eigenvalue weighted by molar-refractivity contribution is 6.31. The van der Waals surface area contributed by atoms with Crippen molar-refractivity contribution in [2.75, 3.05) is 0 Å². The summed E-state index contributed by atoms with van der Waals surface area (Å²) in [5, 5.41) is 9.19. The monoisotopic (exact) mass is 431 g/mol. The third-order valence-electron chi connectivity index (χ3n) is 4.80. The van der Waals surface area contributed by atoms with Crippen LogP contribution in [0.2, 0.25) is 5.02 Å². The van der Waals surface area contributed by atoms with Crippen molar-refractivity contribution in [1.82, 2.24) is 24.5 Å². The van der Waals surface area contributed by atoms with Gasteiger partial charge in [0.2, 0.25) is 0 Å². The van der Waals surface area contributed by atoms with Crippen molar-refractivity contribution in [2.24, 2.45) is 7.05 Å². The van der Waals surface area contributed by atoms with E-state index in [1.165, 1.54) is 12.1 Å². The van der Waals surface area contributed by atoms with Gasteiger partial charge in [-0.2, -0.15) is 10.2 Å². The summed E-state index contributed by atoms with van der Waals surface area (Å²) in [6.07, 6.45) is 0. The van der Waals surface area contributed by atoms with Gasteiger partial charge in [-0.25, -0.2) is 4.39 Å². The number of carbonyl (C=O) groups is 1. The molecule has 2 heterocycles. The van der Waals surface area contributed by atoms with Crippen LogP contribution in [0, 0.1) is 19.7 Å². The zero-order valence-electron chi connectivity index (χ0n) is 18.2. The molecule has 0 aliphatic carbocycles. The normalized spacial score (nSPS) is 11.7. The van der Waals surface area contributed by atoms with E-state index in [2.05, 4.69) is 10.2 Å². The minimum Gasteiger partial charge on any atom is -0.327 e. The van der Waals surface area contributed by atoms with Gasteiger partial charge in [0.05, 0.1) is 29.2 Å². The van der Waals surface area contributed by atoms with Crippen molar-refractivity contribution >= 4 is 17.5 Å². The molecule has 3 rings (SSSR count). The maximum atomic E-state index is 13.6. The molecule has 0 N–H and O–H groups in total.